The molecule has 0 spiro atoms. The Morgan fingerprint density at radius 2 is 2.00 bits per heavy atom. The molecule has 100 valence electrons. The summed E-state index contributed by atoms with van der Waals surface area (Å²) in [5, 5.41) is 0. The number of pyridine rings is 1. The fraction of sp³-hybridized carbons (Fsp3) is 0.500. The highest BCUT2D eigenvalue weighted by molar-refractivity contribution is 5.77. The summed E-state index contributed by atoms with van der Waals surface area (Å²) in [6.07, 6.45) is -2.63. The molecular formula is C12H14F3NO2. The average molecular weight is 261 g/mol. The number of Topliss-reactive ketones (excluding diaryl/α,β-unsaturated/α-hetero) is 1. The van der Waals surface area contributed by atoms with Crippen molar-refractivity contribution in [2.75, 3.05) is 0 Å². The lowest BCUT2D eigenvalue weighted by atomic mass is 10.2. The maximum absolute atomic E-state index is 12.4. The molecule has 6 heteroatoms. The Hall–Kier alpha value is -1.59. The molecule has 0 atom stereocenters. The minimum atomic E-state index is -4.46. The third-order valence-electron chi connectivity index (χ3n) is 2.56. The van der Waals surface area contributed by atoms with Crippen molar-refractivity contribution in [3.8, 4) is 0 Å². The minimum absolute atomic E-state index is 0.0371. The Bertz CT molecular complexity index is 477. The monoisotopic (exact) mass is 261 g/mol. The lowest BCUT2D eigenvalue weighted by molar-refractivity contribution is -0.138. The van der Waals surface area contributed by atoms with Crippen molar-refractivity contribution in [1.82, 2.24) is 4.57 Å². The van der Waals surface area contributed by atoms with E-state index in [4.69, 9.17) is 0 Å². The number of hydrogen-bond donors (Lipinski definition) is 0. The van der Waals surface area contributed by atoms with E-state index in [1.54, 1.807) is 6.92 Å². The molecule has 1 aromatic heterocycles. The van der Waals surface area contributed by atoms with E-state index in [9.17, 15) is 22.8 Å². The predicted octanol–water partition coefficient (Wildman–Crippen LogP) is 2.63. The van der Waals surface area contributed by atoms with Crippen LogP contribution in [0, 0.1) is 0 Å². The average Bonchev–Trinajstić information content (AvgIpc) is 2.29. The number of hydrogen-bond acceptors (Lipinski definition) is 2. The van der Waals surface area contributed by atoms with E-state index in [2.05, 4.69) is 0 Å². The van der Waals surface area contributed by atoms with Gasteiger partial charge < -0.3 is 4.57 Å². The lowest BCUT2D eigenvalue weighted by Gasteiger charge is -2.10. The van der Waals surface area contributed by atoms with Crippen molar-refractivity contribution in [3.05, 3.63) is 34.2 Å². The van der Waals surface area contributed by atoms with Crippen molar-refractivity contribution in [1.29, 1.82) is 0 Å². The number of carbonyl (C=O) groups is 1. The molecule has 0 aliphatic carbocycles. The summed E-state index contributed by atoms with van der Waals surface area (Å²) in [6, 6.07) is 1.65. The molecule has 0 N–H and O–H groups in total. The zero-order valence-corrected chi connectivity index (χ0v) is 9.96. The second kappa shape index (κ2) is 5.84. The van der Waals surface area contributed by atoms with Gasteiger partial charge in [-0.2, -0.15) is 13.2 Å². The molecule has 0 amide bonds. The first kappa shape index (κ1) is 14.5. The Balaban J connectivity index is 2.76. The normalized spacial score (nSPS) is 11.6. The molecule has 1 heterocycles. The highest BCUT2D eigenvalue weighted by Gasteiger charge is 2.30. The van der Waals surface area contributed by atoms with Crippen molar-refractivity contribution in [2.45, 2.75) is 38.9 Å². The summed E-state index contributed by atoms with van der Waals surface area (Å²) in [5.41, 5.74) is -1.35. The number of nitrogens with zero attached hydrogens (tertiary/aromatic N) is 1. The highest BCUT2D eigenvalue weighted by Crippen LogP contribution is 2.28. The van der Waals surface area contributed by atoms with Gasteiger partial charge in [-0.05, 0) is 12.5 Å². The van der Waals surface area contributed by atoms with Crippen LogP contribution in [0.5, 0.6) is 0 Å². The van der Waals surface area contributed by atoms with E-state index in [1.165, 1.54) is 0 Å². The van der Waals surface area contributed by atoms with Crippen LogP contribution in [0.1, 0.15) is 31.7 Å². The van der Waals surface area contributed by atoms with Crippen LogP contribution in [0.15, 0.2) is 23.1 Å². The molecule has 0 bridgehead atoms. The van der Waals surface area contributed by atoms with E-state index in [1.807, 2.05) is 0 Å². The van der Waals surface area contributed by atoms with Crippen molar-refractivity contribution >= 4 is 5.78 Å². The third-order valence-corrected chi connectivity index (χ3v) is 2.56. The Labute approximate surface area is 102 Å². The van der Waals surface area contributed by atoms with Gasteiger partial charge in [0.2, 0.25) is 0 Å². The molecule has 0 aliphatic heterocycles. The predicted molar refractivity (Wildman–Crippen MR) is 60.2 cm³/mol. The number of halogens is 3. The van der Waals surface area contributed by atoms with Crippen molar-refractivity contribution < 1.29 is 18.0 Å². The van der Waals surface area contributed by atoms with Crippen LogP contribution in [0.25, 0.3) is 0 Å². The van der Waals surface area contributed by atoms with Crippen LogP contribution < -0.4 is 5.56 Å². The van der Waals surface area contributed by atoms with Gasteiger partial charge in [-0.1, -0.05) is 6.92 Å². The summed E-state index contributed by atoms with van der Waals surface area (Å²) in [5.74, 6) is 0.0371. The summed E-state index contributed by atoms with van der Waals surface area (Å²) in [6.45, 7) is 1.84. The first-order valence-electron chi connectivity index (χ1n) is 5.64. The van der Waals surface area contributed by atoms with Crippen LogP contribution in [0.2, 0.25) is 0 Å². The SMILES string of the molecule is CCC(=O)CCCn1cc(C(F)(F)F)ccc1=O. The summed E-state index contributed by atoms with van der Waals surface area (Å²) in [7, 11) is 0. The van der Waals surface area contributed by atoms with Gasteiger partial charge in [0.15, 0.2) is 0 Å². The molecule has 1 aromatic rings. The maximum Gasteiger partial charge on any atom is 0.417 e. The van der Waals surface area contributed by atoms with E-state index >= 15 is 0 Å². The topological polar surface area (TPSA) is 39.1 Å². The number of alkyl halides is 3. The molecule has 0 aliphatic rings. The Morgan fingerprint density at radius 3 is 2.56 bits per heavy atom. The van der Waals surface area contributed by atoms with Gasteiger partial charge >= 0.3 is 6.18 Å². The molecule has 0 saturated heterocycles. The molecule has 0 radical (unpaired) electrons. The number of carbonyl (C=O) groups excluding carboxylic acids is 1. The van der Waals surface area contributed by atoms with E-state index in [0.29, 0.717) is 12.8 Å². The number of ketones is 1. The maximum atomic E-state index is 12.4. The minimum Gasteiger partial charge on any atom is -0.315 e. The van der Waals surface area contributed by atoms with Gasteiger partial charge in [0, 0.05) is 31.6 Å². The van der Waals surface area contributed by atoms with Gasteiger partial charge in [0.1, 0.15) is 5.78 Å². The summed E-state index contributed by atoms with van der Waals surface area (Å²) in [4.78, 5) is 22.4. The Morgan fingerprint density at radius 1 is 1.33 bits per heavy atom. The Kier molecular flexibility index (Phi) is 4.69. The molecule has 0 saturated carbocycles. The first-order valence-corrected chi connectivity index (χ1v) is 5.64. The lowest BCUT2D eigenvalue weighted by Crippen LogP contribution is -2.21. The first-order chi connectivity index (χ1) is 8.34. The van der Waals surface area contributed by atoms with E-state index < -0.39 is 17.3 Å². The van der Waals surface area contributed by atoms with Crippen LogP contribution in [0.3, 0.4) is 0 Å². The zero-order valence-electron chi connectivity index (χ0n) is 9.96. The van der Waals surface area contributed by atoms with Gasteiger partial charge in [0.25, 0.3) is 5.56 Å². The highest BCUT2D eigenvalue weighted by atomic mass is 19.4. The molecule has 1 rings (SSSR count). The van der Waals surface area contributed by atoms with Crippen LogP contribution >= 0.6 is 0 Å². The van der Waals surface area contributed by atoms with Crippen LogP contribution in [0.4, 0.5) is 13.2 Å². The van der Waals surface area contributed by atoms with Crippen LogP contribution in [-0.2, 0) is 17.5 Å². The van der Waals surface area contributed by atoms with Gasteiger partial charge in [0.05, 0.1) is 5.56 Å². The number of aryl methyl sites for hydroxylation is 1. The fourth-order valence-electron chi connectivity index (χ4n) is 1.50. The quantitative estimate of drug-likeness (QED) is 0.817. The van der Waals surface area contributed by atoms with Gasteiger partial charge in [-0.15, -0.1) is 0 Å². The number of rotatable bonds is 5. The van der Waals surface area contributed by atoms with E-state index in [-0.39, 0.29) is 18.7 Å². The molecule has 0 fully saturated rings. The zero-order chi connectivity index (χ0) is 13.8. The summed E-state index contributed by atoms with van der Waals surface area (Å²) < 4.78 is 38.3. The smallest absolute Gasteiger partial charge is 0.315 e. The third kappa shape index (κ3) is 4.01. The molecule has 3 nitrogen and oxygen atoms in total. The molecule has 0 unspecified atom stereocenters. The molecule has 0 aromatic carbocycles. The second-order valence-electron chi connectivity index (χ2n) is 3.94. The van der Waals surface area contributed by atoms with E-state index in [0.717, 1.165) is 22.9 Å². The second-order valence-corrected chi connectivity index (χ2v) is 3.94. The van der Waals surface area contributed by atoms with Gasteiger partial charge in [-0.3, -0.25) is 9.59 Å². The van der Waals surface area contributed by atoms with Crippen molar-refractivity contribution in [3.63, 3.8) is 0 Å². The van der Waals surface area contributed by atoms with Gasteiger partial charge in [-0.25, -0.2) is 0 Å². The molecular weight excluding hydrogens is 247 g/mol. The molecule has 18 heavy (non-hydrogen) atoms. The summed E-state index contributed by atoms with van der Waals surface area (Å²) >= 11 is 0. The van der Waals surface area contributed by atoms with Crippen molar-refractivity contribution in [2.24, 2.45) is 0 Å². The largest absolute Gasteiger partial charge is 0.417 e. The number of aromatic nitrogens is 1. The van der Waals surface area contributed by atoms with Crippen LogP contribution in [-0.4, -0.2) is 10.4 Å². The fourth-order valence-corrected chi connectivity index (χ4v) is 1.50. The standard InChI is InChI=1S/C12H14F3NO2/c1-2-10(17)4-3-7-16-8-9(12(13,14)15)5-6-11(16)18/h5-6,8H,2-4,7H2,1H3.